The predicted octanol–water partition coefficient (Wildman–Crippen LogP) is 3.55. The van der Waals surface area contributed by atoms with E-state index in [9.17, 15) is 0 Å². The molecule has 0 unspecified atom stereocenters. The molecule has 76 valence electrons. The van der Waals surface area contributed by atoms with Crippen LogP contribution in [0.25, 0.3) is 0 Å². The van der Waals surface area contributed by atoms with Crippen molar-refractivity contribution in [2.75, 3.05) is 0 Å². The van der Waals surface area contributed by atoms with Crippen molar-refractivity contribution in [1.29, 1.82) is 0 Å². The van der Waals surface area contributed by atoms with E-state index in [0.29, 0.717) is 5.92 Å². The molecule has 2 atom stereocenters. The zero-order chi connectivity index (χ0) is 10.5. The van der Waals surface area contributed by atoms with Crippen LogP contribution in [0.15, 0.2) is 22.7 Å². The zero-order valence-corrected chi connectivity index (χ0v) is 10.6. The minimum absolute atomic E-state index is 0.174. The molecule has 3 heteroatoms. The number of hydrogen-bond acceptors (Lipinski definition) is 1. The predicted molar refractivity (Wildman–Crippen MR) is 63.6 cm³/mol. The van der Waals surface area contributed by atoms with Gasteiger partial charge < -0.3 is 5.73 Å². The summed E-state index contributed by atoms with van der Waals surface area (Å²) in [4.78, 5) is 0. The average molecular weight is 275 g/mol. The molecule has 1 fully saturated rings. The number of benzene rings is 1. The van der Waals surface area contributed by atoms with Gasteiger partial charge in [-0.3, -0.25) is 0 Å². The van der Waals surface area contributed by atoms with Crippen LogP contribution in [0.3, 0.4) is 0 Å². The molecule has 1 aromatic rings. The van der Waals surface area contributed by atoms with Crippen LogP contribution in [0.4, 0.5) is 0 Å². The second-order valence-corrected chi connectivity index (χ2v) is 5.72. The van der Waals surface area contributed by atoms with E-state index < -0.39 is 0 Å². The molecule has 1 aliphatic carbocycles. The second kappa shape index (κ2) is 3.22. The van der Waals surface area contributed by atoms with Gasteiger partial charge >= 0.3 is 0 Å². The number of halogens is 2. The Bertz CT molecular complexity index is 355. The molecule has 0 radical (unpaired) electrons. The van der Waals surface area contributed by atoms with E-state index in [1.807, 2.05) is 18.2 Å². The van der Waals surface area contributed by atoms with Crippen molar-refractivity contribution in [3.05, 3.63) is 33.3 Å². The Morgan fingerprint density at radius 2 is 2.00 bits per heavy atom. The van der Waals surface area contributed by atoms with Gasteiger partial charge in [0.2, 0.25) is 0 Å². The Morgan fingerprint density at radius 3 is 2.43 bits per heavy atom. The fourth-order valence-corrected chi connectivity index (χ4v) is 3.06. The summed E-state index contributed by atoms with van der Waals surface area (Å²) in [5, 5.41) is 0.811. The molecule has 0 aromatic heterocycles. The monoisotopic (exact) mass is 273 g/mol. The number of nitrogens with two attached hydrogens (primary N) is 1. The third kappa shape index (κ3) is 1.40. The highest BCUT2D eigenvalue weighted by Crippen LogP contribution is 2.59. The standard InChI is InChI=1S/C11H13BrClN/c1-11(2)9(10(11)14)8-6(12)4-3-5-7(8)13/h3-5,9-10H,14H2,1-2H3/t9-,10-/m1/s1. The van der Waals surface area contributed by atoms with Crippen molar-refractivity contribution < 1.29 is 0 Å². The fourth-order valence-electron chi connectivity index (χ4n) is 2.04. The molecular weight excluding hydrogens is 261 g/mol. The lowest BCUT2D eigenvalue weighted by Gasteiger charge is -2.07. The van der Waals surface area contributed by atoms with Crippen LogP contribution < -0.4 is 5.73 Å². The second-order valence-electron chi connectivity index (χ2n) is 4.46. The van der Waals surface area contributed by atoms with Crippen molar-refractivity contribution in [2.45, 2.75) is 25.8 Å². The van der Waals surface area contributed by atoms with E-state index >= 15 is 0 Å². The average Bonchev–Trinajstić information content (AvgIpc) is 2.54. The molecular formula is C11H13BrClN. The van der Waals surface area contributed by atoms with Gasteiger partial charge in [-0.2, -0.15) is 0 Å². The summed E-state index contributed by atoms with van der Waals surface area (Å²) in [6.45, 7) is 4.36. The molecule has 0 heterocycles. The number of hydrogen-bond donors (Lipinski definition) is 1. The molecule has 1 saturated carbocycles. The third-order valence-electron chi connectivity index (χ3n) is 3.22. The molecule has 0 aliphatic heterocycles. The lowest BCUT2D eigenvalue weighted by Crippen LogP contribution is -2.06. The summed E-state index contributed by atoms with van der Waals surface area (Å²) < 4.78 is 1.07. The van der Waals surface area contributed by atoms with Crippen LogP contribution in [-0.4, -0.2) is 6.04 Å². The highest BCUT2D eigenvalue weighted by Gasteiger charge is 2.57. The van der Waals surface area contributed by atoms with E-state index in [4.69, 9.17) is 17.3 Å². The Hall–Kier alpha value is -0.0500. The first-order chi connectivity index (χ1) is 6.46. The summed E-state index contributed by atoms with van der Waals surface area (Å²) in [5.41, 5.74) is 7.37. The van der Waals surface area contributed by atoms with Gasteiger partial charge in [-0.15, -0.1) is 0 Å². The van der Waals surface area contributed by atoms with Crippen LogP contribution >= 0.6 is 27.5 Å². The first-order valence-electron chi connectivity index (χ1n) is 4.65. The molecule has 1 aliphatic rings. The first kappa shape index (κ1) is 10.5. The van der Waals surface area contributed by atoms with Crippen molar-refractivity contribution >= 4 is 27.5 Å². The quantitative estimate of drug-likeness (QED) is 0.833. The first-order valence-corrected chi connectivity index (χ1v) is 5.83. The number of rotatable bonds is 1. The van der Waals surface area contributed by atoms with Gasteiger partial charge in [0.25, 0.3) is 0 Å². The Labute approximate surface area is 97.8 Å². The summed E-state index contributed by atoms with van der Waals surface area (Å²) >= 11 is 9.70. The van der Waals surface area contributed by atoms with Crippen LogP contribution in [-0.2, 0) is 0 Å². The van der Waals surface area contributed by atoms with E-state index in [2.05, 4.69) is 29.8 Å². The summed E-state index contributed by atoms with van der Waals surface area (Å²) in [6, 6.07) is 6.10. The van der Waals surface area contributed by atoms with Crippen molar-refractivity contribution in [1.82, 2.24) is 0 Å². The smallest absolute Gasteiger partial charge is 0.0452 e. The van der Waals surface area contributed by atoms with E-state index in [-0.39, 0.29) is 11.5 Å². The van der Waals surface area contributed by atoms with Crippen LogP contribution in [0.5, 0.6) is 0 Å². The van der Waals surface area contributed by atoms with Gasteiger partial charge in [0, 0.05) is 21.5 Å². The molecule has 2 rings (SSSR count). The molecule has 2 N–H and O–H groups in total. The van der Waals surface area contributed by atoms with Crippen LogP contribution in [0, 0.1) is 5.41 Å². The van der Waals surface area contributed by atoms with Crippen molar-refractivity contribution in [3.8, 4) is 0 Å². The minimum Gasteiger partial charge on any atom is -0.327 e. The normalized spacial score (nSPS) is 28.9. The maximum Gasteiger partial charge on any atom is 0.0452 e. The molecule has 0 bridgehead atoms. The molecule has 1 nitrogen and oxygen atoms in total. The fraction of sp³-hybridized carbons (Fsp3) is 0.455. The largest absolute Gasteiger partial charge is 0.327 e. The Morgan fingerprint density at radius 1 is 1.43 bits per heavy atom. The van der Waals surface area contributed by atoms with Crippen LogP contribution in [0.1, 0.15) is 25.3 Å². The highest BCUT2D eigenvalue weighted by molar-refractivity contribution is 9.10. The topological polar surface area (TPSA) is 26.0 Å². The molecule has 14 heavy (non-hydrogen) atoms. The molecule has 0 saturated heterocycles. The van der Waals surface area contributed by atoms with Gasteiger partial charge in [0.15, 0.2) is 0 Å². The van der Waals surface area contributed by atoms with E-state index in [0.717, 1.165) is 15.1 Å². The van der Waals surface area contributed by atoms with Crippen LogP contribution in [0.2, 0.25) is 5.02 Å². The molecule has 0 spiro atoms. The summed E-state index contributed by atoms with van der Waals surface area (Å²) in [5.74, 6) is 0.380. The van der Waals surface area contributed by atoms with Gasteiger partial charge in [-0.25, -0.2) is 0 Å². The Kier molecular flexibility index (Phi) is 2.41. The van der Waals surface area contributed by atoms with E-state index in [1.165, 1.54) is 0 Å². The highest BCUT2D eigenvalue weighted by atomic mass is 79.9. The summed E-state index contributed by atoms with van der Waals surface area (Å²) in [6.07, 6.45) is 0. The van der Waals surface area contributed by atoms with Crippen molar-refractivity contribution in [2.24, 2.45) is 11.1 Å². The SMILES string of the molecule is CC1(C)[C@H](N)[C@H]1c1c(Cl)cccc1Br. The third-order valence-corrected chi connectivity index (χ3v) is 4.24. The molecule has 1 aromatic carbocycles. The zero-order valence-electron chi connectivity index (χ0n) is 8.22. The molecule has 0 amide bonds. The maximum atomic E-state index is 6.17. The maximum absolute atomic E-state index is 6.17. The van der Waals surface area contributed by atoms with E-state index in [1.54, 1.807) is 0 Å². The Balaban J connectivity index is 2.44. The van der Waals surface area contributed by atoms with Gasteiger partial charge in [-0.1, -0.05) is 47.4 Å². The lowest BCUT2D eigenvalue weighted by atomic mass is 10.0. The lowest BCUT2D eigenvalue weighted by molar-refractivity contribution is 0.598. The van der Waals surface area contributed by atoms with Crippen molar-refractivity contribution in [3.63, 3.8) is 0 Å². The van der Waals surface area contributed by atoms with Gasteiger partial charge in [-0.05, 0) is 23.1 Å². The van der Waals surface area contributed by atoms with Gasteiger partial charge in [0.1, 0.15) is 0 Å². The minimum atomic E-state index is 0.174. The van der Waals surface area contributed by atoms with Gasteiger partial charge in [0.05, 0.1) is 0 Å². The summed E-state index contributed by atoms with van der Waals surface area (Å²) in [7, 11) is 0.